The molecule has 0 aliphatic carbocycles. The molecular formula is C11H15N5O2. The summed E-state index contributed by atoms with van der Waals surface area (Å²) in [5, 5.41) is 7.86. The van der Waals surface area contributed by atoms with Gasteiger partial charge in [0.25, 0.3) is 0 Å². The number of rotatable bonds is 5. The minimum atomic E-state index is -0.444. The molecule has 0 saturated carbocycles. The Morgan fingerprint density at radius 2 is 2.28 bits per heavy atom. The summed E-state index contributed by atoms with van der Waals surface area (Å²) in [5.41, 5.74) is 1.09. The SMILES string of the molecule is CCc1c(C(=O)OC)nnn1CCn1ccnc1. The summed E-state index contributed by atoms with van der Waals surface area (Å²) in [5.74, 6) is -0.444. The Morgan fingerprint density at radius 3 is 2.89 bits per heavy atom. The number of nitrogens with zero attached hydrogens (tertiary/aromatic N) is 5. The molecule has 0 atom stereocenters. The van der Waals surface area contributed by atoms with Crippen LogP contribution in [0.1, 0.15) is 23.1 Å². The Bertz CT molecular complexity index is 518. The molecule has 0 aromatic carbocycles. The van der Waals surface area contributed by atoms with Gasteiger partial charge < -0.3 is 9.30 Å². The third-order valence-corrected chi connectivity index (χ3v) is 2.68. The van der Waals surface area contributed by atoms with Crippen molar-refractivity contribution in [3.63, 3.8) is 0 Å². The largest absolute Gasteiger partial charge is 0.464 e. The average Bonchev–Trinajstić information content (AvgIpc) is 3.03. The van der Waals surface area contributed by atoms with E-state index in [9.17, 15) is 4.79 Å². The average molecular weight is 249 g/mol. The van der Waals surface area contributed by atoms with Gasteiger partial charge in [-0.25, -0.2) is 14.5 Å². The van der Waals surface area contributed by atoms with E-state index in [2.05, 4.69) is 20.0 Å². The summed E-state index contributed by atoms with van der Waals surface area (Å²) in [4.78, 5) is 15.5. The van der Waals surface area contributed by atoms with E-state index in [1.165, 1.54) is 7.11 Å². The summed E-state index contributed by atoms with van der Waals surface area (Å²) < 4.78 is 8.34. The van der Waals surface area contributed by atoms with Gasteiger partial charge >= 0.3 is 5.97 Å². The molecule has 0 radical (unpaired) electrons. The fraction of sp³-hybridized carbons (Fsp3) is 0.455. The van der Waals surface area contributed by atoms with Crippen molar-refractivity contribution in [2.45, 2.75) is 26.4 Å². The molecule has 0 N–H and O–H groups in total. The van der Waals surface area contributed by atoms with Crippen LogP contribution in [0.4, 0.5) is 0 Å². The van der Waals surface area contributed by atoms with Gasteiger partial charge in [0.2, 0.25) is 0 Å². The Morgan fingerprint density at radius 1 is 1.44 bits per heavy atom. The maximum absolute atomic E-state index is 11.5. The first kappa shape index (κ1) is 12.3. The number of hydrogen-bond donors (Lipinski definition) is 0. The van der Waals surface area contributed by atoms with Crippen LogP contribution in [-0.2, 0) is 24.2 Å². The van der Waals surface area contributed by atoms with Gasteiger partial charge in [0.15, 0.2) is 5.69 Å². The fourth-order valence-corrected chi connectivity index (χ4v) is 1.75. The van der Waals surface area contributed by atoms with Crippen molar-refractivity contribution in [2.75, 3.05) is 7.11 Å². The topological polar surface area (TPSA) is 74.8 Å². The Labute approximate surface area is 104 Å². The molecule has 0 aliphatic heterocycles. The third kappa shape index (κ3) is 2.39. The van der Waals surface area contributed by atoms with E-state index in [1.54, 1.807) is 17.2 Å². The monoisotopic (exact) mass is 249 g/mol. The second-order valence-electron chi connectivity index (χ2n) is 3.75. The van der Waals surface area contributed by atoms with Gasteiger partial charge in [-0.3, -0.25) is 0 Å². The van der Waals surface area contributed by atoms with Gasteiger partial charge in [-0.15, -0.1) is 5.10 Å². The van der Waals surface area contributed by atoms with E-state index in [-0.39, 0.29) is 0 Å². The molecule has 0 amide bonds. The minimum absolute atomic E-state index is 0.297. The van der Waals surface area contributed by atoms with E-state index in [1.807, 2.05) is 17.7 Å². The van der Waals surface area contributed by atoms with Crippen molar-refractivity contribution < 1.29 is 9.53 Å². The van der Waals surface area contributed by atoms with Crippen LogP contribution in [0, 0.1) is 0 Å². The van der Waals surface area contributed by atoms with Crippen molar-refractivity contribution in [2.24, 2.45) is 0 Å². The first-order chi connectivity index (χ1) is 8.76. The standard InChI is InChI=1S/C11H15N5O2/c1-3-9-10(11(17)18-2)13-14-16(9)7-6-15-5-4-12-8-15/h4-5,8H,3,6-7H2,1-2H3. The lowest BCUT2D eigenvalue weighted by molar-refractivity contribution is 0.0592. The number of hydrogen-bond acceptors (Lipinski definition) is 5. The molecule has 7 heteroatoms. The third-order valence-electron chi connectivity index (χ3n) is 2.68. The molecule has 2 aromatic heterocycles. The van der Waals surface area contributed by atoms with E-state index < -0.39 is 5.97 Å². The molecule has 2 rings (SSSR count). The Hall–Kier alpha value is -2.18. The van der Waals surface area contributed by atoms with Crippen molar-refractivity contribution >= 4 is 5.97 Å². The molecule has 0 aliphatic rings. The second kappa shape index (κ2) is 5.44. The highest BCUT2D eigenvalue weighted by atomic mass is 16.5. The number of carbonyl (C=O) groups is 1. The molecule has 0 spiro atoms. The predicted molar refractivity (Wildman–Crippen MR) is 63.0 cm³/mol. The normalized spacial score (nSPS) is 10.6. The number of imidazole rings is 1. The molecule has 0 unspecified atom stereocenters. The maximum Gasteiger partial charge on any atom is 0.360 e. The lowest BCUT2D eigenvalue weighted by Gasteiger charge is -2.06. The smallest absolute Gasteiger partial charge is 0.360 e. The number of ether oxygens (including phenoxy) is 1. The van der Waals surface area contributed by atoms with Crippen molar-refractivity contribution in [1.29, 1.82) is 0 Å². The van der Waals surface area contributed by atoms with Crippen molar-refractivity contribution in [1.82, 2.24) is 24.5 Å². The minimum Gasteiger partial charge on any atom is -0.464 e. The summed E-state index contributed by atoms with van der Waals surface area (Å²) >= 11 is 0. The number of esters is 1. The Kier molecular flexibility index (Phi) is 3.71. The van der Waals surface area contributed by atoms with Crippen LogP contribution in [-0.4, -0.2) is 37.6 Å². The van der Waals surface area contributed by atoms with Crippen LogP contribution < -0.4 is 0 Å². The maximum atomic E-state index is 11.5. The van der Waals surface area contributed by atoms with Crippen LogP contribution in [0.15, 0.2) is 18.7 Å². The van der Waals surface area contributed by atoms with Gasteiger partial charge in [0, 0.05) is 18.9 Å². The molecule has 96 valence electrons. The van der Waals surface area contributed by atoms with Crippen LogP contribution in [0.2, 0.25) is 0 Å². The molecule has 18 heavy (non-hydrogen) atoms. The number of aromatic nitrogens is 5. The molecule has 2 heterocycles. The lowest BCUT2D eigenvalue weighted by atomic mass is 10.2. The van der Waals surface area contributed by atoms with E-state index in [0.717, 1.165) is 12.2 Å². The van der Waals surface area contributed by atoms with Gasteiger partial charge in [-0.05, 0) is 6.42 Å². The molecule has 2 aromatic rings. The van der Waals surface area contributed by atoms with Crippen LogP contribution in [0.25, 0.3) is 0 Å². The zero-order valence-corrected chi connectivity index (χ0v) is 10.4. The summed E-state index contributed by atoms with van der Waals surface area (Å²) in [6.45, 7) is 3.33. The zero-order valence-electron chi connectivity index (χ0n) is 10.4. The predicted octanol–water partition coefficient (Wildman–Crippen LogP) is 0.524. The fourth-order valence-electron chi connectivity index (χ4n) is 1.75. The highest BCUT2D eigenvalue weighted by Crippen LogP contribution is 2.08. The molecule has 0 fully saturated rings. The highest BCUT2D eigenvalue weighted by molar-refractivity contribution is 5.88. The van der Waals surface area contributed by atoms with E-state index >= 15 is 0 Å². The quantitative estimate of drug-likeness (QED) is 0.722. The zero-order chi connectivity index (χ0) is 13.0. The van der Waals surface area contributed by atoms with Crippen molar-refractivity contribution in [3.05, 3.63) is 30.1 Å². The van der Waals surface area contributed by atoms with Crippen LogP contribution in [0.3, 0.4) is 0 Å². The van der Waals surface area contributed by atoms with Gasteiger partial charge in [-0.2, -0.15) is 0 Å². The number of methoxy groups -OCH3 is 1. The summed E-state index contributed by atoms with van der Waals surface area (Å²) in [7, 11) is 1.34. The second-order valence-corrected chi connectivity index (χ2v) is 3.75. The van der Waals surface area contributed by atoms with E-state index in [0.29, 0.717) is 18.7 Å². The van der Waals surface area contributed by atoms with Gasteiger partial charge in [0.05, 0.1) is 25.7 Å². The van der Waals surface area contributed by atoms with Crippen LogP contribution >= 0.6 is 0 Å². The van der Waals surface area contributed by atoms with Crippen molar-refractivity contribution in [3.8, 4) is 0 Å². The van der Waals surface area contributed by atoms with Crippen LogP contribution in [0.5, 0.6) is 0 Å². The molecule has 7 nitrogen and oxygen atoms in total. The van der Waals surface area contributed by atoms with Gasteiger partial charge in [-0.1, -0.05) is 12.1 Å². The molecule has 0 bridgehead atoms. The molecular weight excluding hydrogens is 234 g/mol. The highest BCUT2D eigenvalue weighted by Gasteiger charge is 2.18. The Balaban J connectivity index is 2.13. The lowest BCUT2D eigenvalue weighted by Crippen LogP contribution is -2.12. The molecule has 0 saturated heterocycles. The first-order valence-electron chi connectivity index (χ1n) is 5.72. The van der Waals surface area contributed by atoms with Gasteiger partial charge in [0.1, 0.15) is 0 Å². The first-order valence-corrected chi connectivity index (χ1v) is 5.72. The summed E-state index contributed by atoms with van der Waals surface area (Å²) in [6, 6.07) is 0. The summed E-state index contributed by atoms with van der Waals surface area (Å²) in [6.07, 6.45) is 6.02. The van der Waals surface area contributed by atoms with E-state index in [4.69, 9.17) is 0 Å². The number of aryl methyl sites for hydroxylation is 2. The number of carbonyl (C=O) groups excluding carboxylic acids is 1.